The van der Waals surface area contributed by atoms with Crippen LogP contribution in [0.4, 0.5) is 0 Å². The molecule has 17 heavy (non-hydrogen) atoms. The molecule has 0 saturated heterocycles. The minimum atomic E-state index is 0.0982. The van der Waals surface area contributed by atoms with Crippen LogP contribution in [0.1, 0.15) is 38.5 Å². The number of halogens is 1. The van der Waals surface area contributed by atoms with Gasteiger partial charge in [-0.2, -0.15) is 0 Å². The summed E-state index contributed by atoms with van der Waals surface area (Å²) in [4.78, 5) is 0. The van der Waals surface area contributed by atoms with Gasteiger partial charge in [0, 0.05) is 21.6 Å². The summed E-state index contributed by atoms with van der Waals surface area (Å²) in [6.45, 7) is 8.78. The lowest BCUT2D eigenvalue weighted by molar-refractivity contribution is 0.631. The van der Waals surface area contributed by atoms with Crippen LogP contribution in [0.25, 0.3) is 0 Å². The molecule has 0 heterocycles. The Labute approximate surface area is 114 Å². The van der Waals surface area contributed by atoms with Crippen molar-refractivity contribution in [2.45, 2.75) is 44.2 Å². The van der Waals surface area contributed by atoms with E-state index in [2.05, 4.69) is 26.8 Å². The van der Waals surface area contributed by atoms with Gasteiger partial charge in [-0.3, -0.25) is 0 Å². The Morgan fingerprint density at radius 1 is 1.12 bits per heavy atom. The first kappa shape index (κ1) is 14.9. The topological polar surface area (TPSA) is 26.0 Å². The standard InChI is InChI=1S/C14H22ClNS/c1-9(2)11(4)17-14(10(3)16)12-7-5-6-8-13(12)15/h5-11,14H,16H2,1-4H3. The second-order valence-electron chi connectivity index (χ2n) is 4.89. The number of nitrogens with two attached hydrogens (primary N) is 1. The van der Waals surface area contributed by atoms with Crippen molar-refractivity contribution in [3.63, 3.8) is 0 Å². The molecule has 3 heteroatoms. The van der Waals surface area contributed by atoms with E-state index in [9.17, 15) is 0 Å². The average Bonchev–Trinajstić information content (AvgIpc) is 2.26. The van der Waals surface area contributed by atoms with Crippen LogP contribution in [0.15, 0.2) is 24.3 Å². The molecule has 3 unspecified atom stereocenters. The maximum Gasteiger partial charge on any atom is 0.0463 e. The summed E-state index contributed by atoms with van der Waals surface area (Å²) in [6.07, 6.45) is 0. The summed E-state index contributed by atoms with van der Waals surface area (Å²) in [5, 5.41) is 1.65. The molecule has 0 fully saturated rings. The van der Waals surface area contributed by atoms with Crippen LogP contribution in [-0.2, 0) is 0 Å². The first-order valence-corrected chi connectivity index (χ1v) is 7.41. The van der Waals surface area contributed by atoms with Crippen molar-refractivity contribution >= 4 is 23.4 Å². The molecule has 2 N–H and O–H groups in total. The quantitative estimate of drug-likeness (QED) is 0.853. The summed E-state index contributed by atoms with van der Waals surface area (Å²) in [7, 11) is 0. The molecule has 3 atom stereocenters. The van der Waals surface area contributed by atoms with E-state index in [0.717, 1.165) is 10.6 Å². The molecule has 1 aromatic carbocycles. The van der Waals surface area contributed by atoms with Gasteiger partial charge in [-0.15, -0.1) is 11.8 Å². The van der Waals surface area contributed by atoms with Crippen molar-refractivity contribution in [1.82, 2.24) is 0 Å². The summed E-state index contributed by atoms with van der Waals surface area (Å²) in [6, 6.07) is 8.10. The number of rotatable bonds is 5. The highest BCUT2D eigenvalue weighted by Crippen LogP contribution is 2.39. The summed E-state index contributed by atoms with van der Waals surface area (Å²) in [5.74, 6) is 0.642. The molecule has 0 spiro atoms. The highest BCUT2D eigenvalue weighted by molar-refractivity contribution is 8.00. The Balaban J connectivity index is 2.91. The molecule has 1 aromatic rings. The summed E-state index contributed by atoms with van der Waals surface area (Å²) in [5.41, 5.74) is 7.26. The van der Waals surface area contributed by atoms with Gasteiger partial charge < -0.3 is 5.73 Å². The van der Waals surface area contributed by atoms with Crippen LogP contribution in [-0.4, -0.2) is 11.3 Å². The third kappa shape index (κ3) is 4.20. The molecule has 0 aliphatic rings. The zero-order valence-electron chi connectivity index (χ0n) is 11.0. The van der Waals surface area contributed by atoms with Gasteiger partial charge in [0.2, 0.25) is 0 Å². The number of hydrogen-bond donors (Lipinski definition) is 1. The van der Waals surface area contributed by atoms with Crippen molar-refractivity contribution in [3.8, 4) is 0 Å². The Bertz CT molecular complexity index is 352. The van der Waals surface area contributed by atoms with Crippen LogP contribution < -0.4 is 5.73 Å². The van der Waals surface area contributed by atoms with Gasteiger partial charge in [0.15, 0.2) is 0 Å². The lowest BCUT2D eigenvalue weighted by Gasteiger charge is -2.27. The van der Waals surface area contributed by atoms with E-state index >= 15 is 0 Å². The van der Waals surface area contributed by atoms with Gasteiger partial charge in [-0.1, -0.05) is 50.6 Å². The van der Waals surface area contributed by atoms with E-state index in [-0.39, 0.29) is 11.3 Å². The fourth-order valence-electron chi connectivity index (χ4n) is 1.57. The second-order valence-corrected chi connectivity index (χ2v) is 6.82. The van der Waals surface area contributed by atoms with Crippen LogP contribution in [0.5, 0.6) is 0 Å². The maximum absolute atomic E-state index is 6.26. The molecule has 0 aromatic heterocycles. The SMILES string of the molecule is CC(C)C(C)SC(c1ccccc1Cl)C(C)N. The Hall–Kier alpha value is -0.180. The van der Waals surface area contributed by atoms with Crippen LogP contribution in [0.2, 0.25) is 5.02 Å². The van der Waals surface area contributed by atoms with Gasteiger partial charge in [0.05, 0.1) is 0 Å². The number of hydrogen-bond acceptors (Lipinski definition) is 2. The number of benzene rings is 1. The van der Waals surface area contributed by atoms with Gasteiger partial charge in [0.25, 0.3) is 0 Å². The summed E-state index contributed by atoms with van der Waals surface area (Å²) >= 11 is 8.18. The fourth-order valence-corrected chi connectivity index (χ4v) is 3.27. The molecule has 1 nitrogen and oxygen atoms in total. The van der Waals surface area contributed by atoms with Crippen molar-refractivity contribution < 1.29 is 0 Å². The normalized spacial score (nSPS) is 16.9. The van der Waals surface area contributed by atoms with Crippen LogP contribution in [0.3, 0.4) is 0 Å². The molecule has 1 rings (SSSR count). The minimum Gasteiger partial charge on any atom is -0.327 e. The smallest absolute Gasteiger partial charge is 0.0463 e. The van der Waals surface area contributed by atoms with E-state index in [1.807, 2.05) is 36.9 Å². The largest absolute Gasteiger partial charge is 0.327 e. The fraction of sp³-hybridized carbons (Fsp3) is 0.571. The zero-order chi connectivity index (χ0) is 13.0. The third-order valence-corrected chi connectivity index (χ3v) is 5.28. The monoisotopic (exact) mass is 271 g/mol. The molecule has 0 bridgehead atoms. The van der Waals surface area contributed by atoms with Crippen molar-refractivity contribution in [3.05, 3.63) is 34.9 Å². The highest BCUT2D eigenvalue weighted by Gasteiger charge is 2.23. The molecular formula is C14H22ClNS. The van der Waals surface area contributed by atoms with E-state index in [4.69, 9.17) is 17.3 Å². The average molecular weight is 272 g/mol. The highest BCUT2D eigenvalue weighted by atomic mass is 35.5. The Morgan fingerprint density at radius 2 is 1.71 bits per heavy atom. The van der Waals surface area contributed by atoms with Crippen molar-refractivity contribution in [2.24, 2.45) is 11.7 Å². The Kier molecular flexibility index (Phi) is 5.84. The van der Waals surface area contributed by atoms with Gasteiger partial charge in [-0.25, -0.2) is 0 Å². The van der Waals surface area contributed by atoms with E-state index < -0.39 is 0 Å². The number of thioether (sulfide) groups is 1. The molecule has 0 radical (unpaired) electrons. The van der Waals surface area contributed by atoms with E-state index in [1.165, 1.54) is 0 Å². The van der Waals surface area contributed by atoms with E-state index in [0.29, 0.717) is 11.2 Å². The van der Waals surface area contributed by atoms with Gasteiger partial charge in [0.1, 0.15) is 0 Å². The third-order valence-electron chi connectivity index (χ3n) is 2.99. The zero-order valence-corrected chi connectivity index (χ0v) is 12.6. The predicted molar refractivity (Wildman–Crippen MR) is 79.7 cm³/mol. The minimum absolute atomic E-state index is 0.0982. The van der Waals surface area contributed by atoms with E-state index in [1.54, 1.807) is 0 Å². The molecule has 0 saturated carbocycles. The van der Waals surface area contributed by atoms with Crippen molar-refractivity contribution in [1.29, 1.82) is 0 Å². The molecule has 0 aliphatic carbocycles. The predicted octanol–water partition coefficient (Wildman–Crippen LogP) is 4.51. The lowest BCUT2D eigenvalue weighted by Crippen LogP contribution is -2.25. The molecule has 96 valence electrons. The molecular weight excluding hydrogens is 250 g/mol. The first-order valence-electron chi connectivity index (χ1n) is 6.09. The second kappa shape index (κ2) is 6.67. The molecule has 0 aliphatic heterocycles. The van der Waals surface area contributed by atoms with Crippen LogP contribution >= 0.6 is 23.4 Å². The van der Waals surface area contributed by atoms with Crippen molar-refractivity contribution in [2.75, 3.05) is 0 Å². The maximum atomic E-state index is 6.26. The first-order chi connectivity index (χ1) is 7.93. The summed E-state index contributed by atoms with van der Waals surface area (Å²) < 4.78 is 0. The van der Waals surface area contributed by atoms with Crippen LogP contribution in [0, 0.1) is 5.92 Å². The van der Waals surface area contributed by atoms with Gasteiger partial charge >= 0.3 is 0 Å². The lowest BCUT2D eigenvalue weighted by atomic mass is 10.1. The Morgan fingerprint density at radius 3 is 2.18 bits per heavy atom. The van der Waals surface area contributed by atoms with Gasteiger partial charge in [-0.05, 0) is 24.5 Å². The molecule has 0 amide bonds.